The number of phenolic OH excluding ortho intramolecular Hbond substituents is 2. The summed E-state index contributed by atoms with van der Waals surface area (Å²) >= 11 is -0.0308. The molecule has 1 atom stereocenters. The lowest BCUT2D eigenvalue weighted by molar-refractivity contribution is -0.461. The fourth-order valence-corrected chi connectivity index (χ4v) is 5.46. The summed E-state index contributed by atoms with van der Waals surface area (Å²) in [6, 6.07) is 6.66. The van der Waals surface area contributed by atoms with Gasteiger partial charge in [0.15, 0.2) is 28.8 Å². The molecular formula is C31H25F17O6S. The zero-order valence-corrected chi connectivity index (χ0v) is 28.1. The number of carbonyl (C=O) groups is 1. The Morgan fingerprint density at radius 3 is 1.64 bits per heavy atom. The molecule has 1 unspecified atom stereocenters. The van der Waals surface area contributed by atoms with Crippen molar-refractivity contribution in [1.29, 1.82) is 0 Å². The third-order valence-electron chi connectivity index (χ3n) is 7.40. The predicted molar refractivity (Wildman–Crippen MR) is 159 cm³/mol. The summed E-state index contributed by atoms with van der Waals surface area (Å²) in [6.45, 7) is 0. The minimum atomic E-state index is -8.74. The Morgan fingerprint density at radius 1 is 0.691 bits per heavy atom. The van der Waals surface area contributed by atoms with Crippen molar-refractivity contribution < 1.29 is 104 Å². The van der Waals surface area contributed by atoms with Gasteiger partial charge in [0.05, 0.1) is 31.6 Å². The number of aromatic hydroxyl groups is 2. The molecule has 0 saturated heterocycles. The fourth-order valence-electron chi connectivity index (χ4n) is 4.24. The highest BCUT2D eigenvalue weighted by atomic mass is 32.2. The van der Waals surface area contributed by atoms with E-state index in [4.69, 9.17) is 9.47 Å². The Hall–Kier alpha value is -4.25. The number of ketones is 1. The predicted octanol–water partition coefficient (Wildman–Crippen LogP) is 10.4. The molecule has 24 heteroatoms. The summed E-state index contributed by atoms with van der Waals surface area (Å²) in [4.78, 5) is 12.4. The summed E-state index contributed by atoms with van der Waals surface area (Å²) < 4.78 is 242. The first-order chi connectivity index (χ1) is 24.8. The van der Waals surface area contributed by atoms with Gasteiger partial charge < -0.3 is 24.8 Å². The standard InChI is InChI=1S/C31H25F17O6S/c1-53-21-11-15(4-7-19(21)51)3-6-17(49)13-18(50)14-23(16-5-8-20(52)22(12-16)54-2)55-10-9-24(32,33)25(34,35)26(36,37)27(38,39)28(40,41)29(42,43)30(44,45)31(46,47)48/h3-8,11-12,14,23,50-52H,9-10,13H2,1-2H3/b6-3+,18-14-. The van der Waals surface area contributed by atoms with E-state index < -0.39 is 88.8 Å². The molecule has 55 heavy (non-hydrogen) atoms. The van der Waals surface area contributed by atoms with E-state index in [1.54, 1.807) is 0 Å². The van der Waals surface area contributed by atoms with Crippen molar-refractivity contribution in [3.05, 3.63) is 65.4 Å². The third kappa shape index (κ3) is 8.92. The number of aliphatic hydroxyl groups excluding tert-OH is 1. The van der Waals surface area contributed by atoms with E-state index in [1.807, 2.05) is 0 Å². The Bertz CT molecular complexity index is 1740. The lowest BCUT2D eigenvalue weighted by Crippen LogP contribution is -2.74. The summed E-state index contributed by atoms with van der Waals surface area (Å²) in [5.74, 6) is -61.8. The number of ether oxygens (including phenoxy) is 2. The highest BCUT2D eigenvalue weighted by molar-refractivity contribution is 7.99. The number of hydrogen-bond donors (Lipinski definition) is 3. The molecule has 0 aromatic heterocycles. The molecule has 2 aromatic rings. The molecule has 0 heterocycles. The quantitative estimate of drug-likeness (QED) is 0.0781. The van der Waals surface area contributed by atoms with Gasteiger partial charge in [-0.2, -0.15) is 74.6 Å². The number of alkyl halides is 17. The molecule has 0 aliphatic carbocycles. The molecule has 0 amide bonds. The first-order valence-corrected chi connectivity index (χ1v) is 15.5. The average Bonchev–Trinajstić information content (AvgIpc) is 3.06. The minimum Gasteiger partial charge on any atom is -0.512 e. The SMILES string of the molecule is COc1cc(/C=C/C(=O)C/C(O)=C/C(SCCC(F)(F)C(F)(F)C(F)(F)C(F)(F)C(F)(F)C(F)(F)C(F)(F)C(F)(F)F)c2ccc(O)c(OC)c2)ccc1O. The van der Waals surface area contributed by atoms with Gasteiger partial charge in [0.1, 0.15) is 0 Å². The van der Waals surface area contributed by atoms with Gasteiger partial charge in [0.25, 0.3) is 0 Å². The molecule has 3 N–H and O–H groups in total. The van der Waals surface area contributed by atoms with Gasteiger partial charge in [0.2, 0.25) is 0 Å². The number of hydrogen-bond acceptors (Lipinski definition) is 7. The second kappa shape index (κ2) is 16.1. The van der Waals surface area contributed by atoms with Crippen molar-refractivity contribution in [3.63, 3.8) is 0 Å². The molecule has 0 aliphatic rings. The largest absolute Gasteiger partial charge is 0.512 e. The molecule has 0 saturated carbocycles. The maximum atomic E-state index is 14.6. The number of benzene rings is 2. The first kappa shape index (κ1) is 46.9. The summed E-state index contributed by atoms with van der Waals surface area (Å²) in [7, 11) is 2.23. The van der Waals surface area contributed by atoms with Crippen LogP contribution in [-0.4, -0.2) is 88.7 Å². The van der Waals surface area contributed by atoms with Crippen molar-refractivity contribution >= 4 is 23.6 Å². The Balaban J connectivity index is 2.42. The zero-order valence-electron chi connectivity index (χ0n) is 27.3. The summed E-state index contributed by atoms with van der Waals surface area (Å²) in [6.07, 6.45) is -8.69. The van der Waals surface area contributed by atoms with Gasteiger partial charge in [-0.3, -0.25) is 4.79 Å². The number of thioether (sulfide) groups is 1. The highest BCUT2D eigenvalue weighted by Crippen LogP contribution is 2.64. The van der Waals surface area contributed by atoms with Crippen LogP contribution in [0.5, 0.6) is 23.0 Å². The average molecular weight is 849 g/mol. The fraction of sp³-hybridized carbons (Fsp3) is 0.452. The van der Waals surface area contributed by atoms with E-state index in [1.165, 1.54) is 31.4 Å². The van der Waals surface area contributed by atoms with Gasteiger partial charge >= 0.3 is 47.6 Å². The maximum absolute atomic E-state index is 14.6. The number of halogens is 17. The minimum absolute atomic E-state index is 0.00683. The molecule has 0 radical (unpaired) electrons. The highest BCUT2D eigenvalue weighted by Gasteiger charge is 2.95. The van der Waals surface area contributed by atoms with Crippen LogP contribution in [-0.2, 0) is 4.79 Å². The Morgan fingerprint density at radius 2 is 1.15 bits per heavy atom. The summed E-state index contributed by atoms with van der Waals surface area (Å²) in [5.41, 5.74) is 0.110. The van der Waals surface area contributed by atoms with Crippen LogP contribution >= 0.6 is 11.8 Å². The monoisotopic (exact) mass is 848 g/mol. The van der Waals surface area contributed by atoms with Crippen LogP contribution in [0.3, 0.4) is 0 Å². The van der Waals surface area contributed by atoms with Crippen LogP contribution in [0.25, 0.3) is 6.08 Å². The maximum Gasteiger partial charge on any atom is 0.460 e. The number of phenols is 2. The van der Waals surface area contributed by atoms with Crippen molar-refractivity contribution in [2.45, 2.75) is 65.7 Å². The third-order valence-corrected chi connectivity index (χ3v) is 8.60. The molecule has 0 fully saturated rings. The van der Waals surface area contributed by atoms with Crippen LogP contribution in [0.2, 0.25) is 0 Å². The molecule has 0 aliphatic heterocycles. The van der Waals surface area contributed by atoms with Crippen molar-refractivity contribution in [3.8, 4) is 23.0 Å². The van der Waals surface area contributed by atoms with E-state index in [2.05, 4.69) is 0 Å². The Labute approximate surface area is 302 Å². The van der Waals surface area contributed by atoms with Crippen LogP contribution in [0.15, 0.2) is 54.3 Å². The van der Waals surface area contributed by atoms with Crippen LogP contribution < -0.4 is 9.47 Å². The van der Waals surface area contributed by atoms with Gasteiger partial charge in [-0.05, 0) is 47.5 Å². The summed E-state index contributed by atoms with van der Waals surface area (Å²) in [5, 5.41) is 28.3. The normalized spacial score (nSPS) is 15.0. The van der Waals surface area contributed by atoms with E-state index in [9.17, 15) is 94.8 Å². The second-order valence-electron chi connectivity index (χ2n) is 11.2. The number of allylic oxidation sites excluding steroid dienone is 2. The number of aliphatic hydroxyl groups is 1. The first-order valence-electron chi connectivity index (χ1n) is 14.4. The van der Waals surface area contributed by atoms with Gasteiger partial charge in [-0.1, -0.05) is 18.2 Å². The van der Waals surface area contributed by atoms with E-state index >= 15 is 0 Å². The van der Waals surface area contributed by atoms with Crippen LogP contribution in [0, 0.1) is 0 Å². The van der Waals surface area contributed by atoms with E-state index in [-0.39, 0.29) is 34.6 Å². The van der Waals surface area contributed by atoms with Crippen molar-refractivity contribution in [2.24, 2.45) is 0 Å². The van der Waals surface area contributed by atoms with Gasteiger partial charge in [0, 0.05) is 12.2 Å². The van der Waals surface area contributed by atoms with E-state index in [0.717, 1.165) is 31.4 Å². The topological polar surface area (TPSA) is 96.2 Å². The lowest BCUT2D eigenvalue weighted by Gasteiger charge is -2.42. The molecule has 0 bridgehead atoms. The van der Waals surface area contributed by atoms with Gasteiger partial charge in [-0.25, -0.2) is 0 Å². The smallest absolute Gasteiger partial charge is 0.460 e. The van der Waals surface area contributed by atoms with Crippen molar-refractivity contribution in [2.75, 3.05) is 20.0 Å². The van der Waals surface area contributed by atoms with E-state index in [0.29, 0.717) is 11.6 Å². The lowest BCUT2D eigenvalue weighted by atomic mass is 9.88. The second-order valence-corrected chi connectivity index (χ2v) is 12.4. The Kier molecular flexibility index (Phi) is 13.7. The molecule has 0 spiro atoms. The molecule has 6 nitrogen and oxygen atoms in total. The molecule has 310 valence electrons. The molecule has 2 rings (SSSR count). The number of rotatable bonds is 18. The molecule has 2 aromatic carbocycles. The van der Waals surface area contributed by atoms with Crippen molar-refractivity contribution in [1.82, 2.24) is 0 Å². The number of methoxy groups -OCH3 is 2. The van der Waals surface area contributed by atoms with Crippen LogP contribution in [0.4, 0.5) is 74.6 Å². The van der Waals surface area contributed by atoms with Gasteiger partial charge in [-0.15, -0.1) is 11.8 Å². The number of carbonyl (C=O) groups excluding carboxylic acids is 1. The molecular weight excluding hydrogens is 823 g/mol. The van der Waals surface area contributed by atoms with Crippen LogP contribution in [0.1, 0.15) is 29.2 Å². The zero-order chi connectivity index (χ0) is 42.8.